The fourth-order valence-corrected chi connectivity index (χ4v) is 6.42. The molecule has 1 N–H and O–H groups in total. The van der Waals surface area contributed by atoms with Gasteiger partial charge in [-0.2, -0.15) is 0 Å². The molecule has 0 radical (unpaired) electrons. The Labute approximate surface area is 235 Å². The highest BCUT2D eigenvalue weighted by Crippen LogP contribution is 2.27. The van der Waals surface area contributed by atoms with Crippen molar-refractivity contribution in [3.05, 3.63) is 95.5 Å². The minimum atomic E-state index is -4.11. The van der Waals surface area contributed by atoms with E-state index in [1.54, 1.807) is 43.3 Å². The lowest BCUT2D eigenvalue weighted by atomic mass is 9.95. The lowest BCUT2D eigenvalue weighted by molar-refractivity contribution is -0.139. The van der Waals surface area contributed by atoms with Crippen molar-refractivity contribution in [2.45, 2.75) is 62.6 Å². The summed E-state index contributed by atoms with van der Waals surface area (Å²) in [5.41, 5.74) is 1.10. The average Bonchev–Trinajstić information content (AvgIpc) is 2.95. The van der Waals surface area contributed by atoms with Gasteiger partial charge in [0.1, 0.15) is 12.6 Å². The Morgan fingerprint density at radius 3 is 2.21 bits per heavy atom. The van der Waals surface area contributed by atoms with Gasteiger partial charge >= 0.3 is 0 Å². The summed E-state index contributed by atoms with van der Waals surface area (Å²) in [6.07, 6.45) is 5.14. The largest absolute Gasteiger partial charge is 0.352 e. The first-order valence-electron chi connectivity index (χ1n) is 13.2. The molecule has 0 aromatic heterocycles. The van der Waals surface area contributed by atoms with Gasteiger partial charge in [-0.3, -0.25) is 13.9 Å². The molecule has 4 rings (SSSR count). The number of sulfonamides is 1. The van der Waals surface area contributed by atoms with Gasteiger partial charge in [0.05, 0.1) is 10.6 Å². The number of benzene rings is 3. The maximum atomic E-state index is 13.9. The van der Waals surface area contributed by atoms with E-state index < -0.39 is 28.5 Å². The first-order valence-corrected chi connectivity index (χ1v) is 15.0. The Morgan fingerprint density at radius 1 is 0.923 bits per heavy atom. The molecule has 0 saturated heterocycles. The number of amides is 2. The van der Waals surface area contributed by atoms with Crippen LogP contribution in [0.2, 0.25) is 5.02 Å². The lowest BCUT2D eigenvalue weighted by Gasteiger charge is -2.33. The third-order valence-electron chi connectivity index (χ3n) is 7.02. The molecule has 7 nitrogen and oxygen atoms in total. The molecule has 3 aromatic rings. The van der Waals surface area contributed by atoms with Crippen LogP contribution in [0.4, 0.5) is 5.69 Å². The number of hydrogen-bond acceptors (Lipinski definition) is 4. The molecule has 1 saturated carbocycles. The number of nitrogens with one attached hydrogen (secondary N) is 1. The van der Waals surface area contributed by atoms with E-state index in [0.29, 0.717) is 5.02 Å². The van der Waals surface area contributed by atoms with Gasteiger partial charge < -0.3 is 10.2 Å². The van der Waals surface area contributed by atoms with Gasteiger partial charge in [-0.15, -0.1) is 0 Å². The standard InChI is InChI=1S/C30H34ClN3O4S/c1-23(30(36)32-26-15-7-3-8-16-26)33(21-24-12-5-2-6-13-24)29(35)22-34(27-17-11-14-25(31)20-27)39(37,38)28-18-9-4-10-19-28/h2,4-6,9-14,17-20,23,26H,3,7-8,15-16,21-22H2,1H3,(H,32,36)/t23-/m1/s1. The second-order valence-electron chi connectivity index (χ2n) is 9.83. The maximum absolute atomic E-state index is 13.9. The summed E-state index contributed by atoms with van der Waals surface area (Å²) in [5, 5.41) is 3.45. The van der Waals surface area contributed by atoms with Crippen LogP contribution in [0.1, 0.15) is 44.6 Å². The van der Waals surface area contributed by atoms with Crippen LogP contribution in [0, 0.1) is 0 Å². The molecule has 9 heteroatoms. The van der Waals surface area contributed by atoms with Crippen LogP contribution >= 0.6 is 11.6 Å². The normalized spacial score (nSPS) is 14.8. The summed E-state index contributed by atoms with van der Waals surface area (Å²) in [7, 11) is -4.11. The SMILES string of the molecule is C[C@H](C(=O)NC1CCCCC1)N(Cc1ccccc1)C(=O)CN(c1cccc(Cl)c1)S(=O)(=O)c1ccccc1. The minimum absolute atomic E-state index is 0.0514. The van der Waals surface area contributed by atoms with Crippen LogP contribution < -0.4 is 9.62 Å². The molecule has 0 heterocycles. The number of rotatable bonds is 10. The van der Waals surface area contributed by atoms with Crippen LogP contribution in [0.5, 0.6) is 0 Å². The molecular formula is C30H34ClN3O4S. The van der Waals surface area contributed by atoms with Crippen molar-refractivity contribution in [1.29, 1.82) is 0 Å². The van der Waals surface area contributed by atoms with Crippen molar-refractivity contribution in [3.8, 4) is 0 Å². The molecule has 1 fully saturated rings. The summed E-state index contributed by atoms with van der Waals surface area (Å²) in [6.45, 7) is 1.35. The van der Waals surface area contributed by atoms with E-state index in [1.807, 2.05) is 30.3 Å². The van der Waals surface area contributed by atoms with E-state index in [-0.39, 0.29) is 29.1 Å². The Balaban J connectivity index is 1.65. The van der Waals surface area contributed by atoms with E-state index in [2.05, 4.69) is 5.32 Å². The van der Waals surface area contributed by atoms with Crippen LogP contribution in [0.15, 0.2) is 89.8 Å². The topological polar surface area (TPSA) is 86.8 Å². The second-order valence-corrected chi connectivity index (χ2v) is 12.1. The summed E-state index contributed by atoms with van der Waals surface area (Å²) in [6, 6.07) is 23.0. The Bertz CT molecular complexity index is 1360. The molecule has 0 spiro atoms. The number of halogens is 1. The second kappa shape index (κ2) is 13.1. The first-order chi connectivity index (χ1) is 18.8. The van der Waals surface area contributed by atoms with Gasteiger partial charge in [0, 0.05) is 17.6 Å². The fraction of sp³-hybridized carbons (Fsp3) is 0.333. The van der Waals surface area contributed by atoms with E-state index in [9.17, 15) is 18.0 Å². The Kier molecular flexibility index (Phi) is 9.64. The van der Waals surface area contributed by atoms with Crippen molar-refractivity contribution in [2.75, 3.05) is 10.8 Å². The predicted octanol–water partition coefficient (Wildman–Crippen LogP) is 5.40. The van der Waals surface area contributed by atoms with Gasteiger partial charge in [0.2, 0.25) is 11.8 Å². The van der Waals surface area contributed by atoms with Gasteiger partial charge in [0.25, 0.3) is 10.0 Å². The highest BCUT2D eigenvalue weighted by Gasteiger charge is 2.33. The van der Waals surface area contributed by atoms with Crippen molar-refractivity contribution in [1.82, 2.24) is 10.2 Å². The van der Waals surface area contributed by atoms with E-state index >= 15 is 0 Å². The maximum Gasteiger partial charge on any atom is 0.264 e. The third-order valence-corrected chi connectivity index (χ3v) is 9.04. The van der Waals surface area contributed by atoms with Crippen LogP contribution in [0.3, 0.4) is 0 Å². The Morgan fingerprint density at radius 2 is 1.56 bits per heavy atom. The molecule has 1 atom stereocenters. The van der Waals surface area contributed by atoms with Crippen LogP contribution in [-0.2, 0) is 26.2 Å². The van der Waals surface area contributed by atoms with Gasteiger partial charge in [-0.1, -0.05) is 85.5 Å². The quantitative estimate of drug-likeness (QED) is 0.355. The summed E-state index contributed by atoms with van der Waals surface area (Å²) in [4.78, 5) is 28.8. The summed E-state index contributed by atoms with van der Waals surface area (Å²) in [5.74, 6) is -0.740. The molecule has 0 aliphatic heterocycles. The molecule has 0 unspecified atom stereocenters. The molecule has 206 valence electrons. The zero-order valence-corrected chi connectivity index (χ0v) is 23.6. The van der Waals surface area contributed by atoms with Crippen molar-refractivity contribution in [2.24, 2.45) is 0 Å². The van der Waals surface area contributed by atoms with Crippen molar-refractivity contribution >= 4 is 39.1 Å². The number of nitrogens with zero attached hydrogens (tertiary/aromatic N) is 2. The van der Waals surface area contributed by atoms with E-state index in [0.717, 1.165) is 42.0 Å². The molecule has 3 aromatic carbocycles. The van der Waals surface area contributed by atoms with E-state index in [1.165, 1.54) is 23.1 Å². The molecule has 39 heavy (non-hydrogen) atoms. The summed E-state index contributed by atoms with van der Waals surface area (Å²) >= 11 is 6.21. The third kappa shape index (κ3) is 7.40. The Hall–Kier alpha value is -3.36. The zero-order valence-electron chi connectivity index (χ0n) is 22.0. The number of anilines is 1. The van der Waals surface area contributed by atoms with E-state index in [4.69, 9.17) is 11.6 Å². The first kappa shape index (κ1) is 28.6. The lowest BCUT2D eigenvalue weighted by Crippen LogP contribution is -2.53. The number of carbonyl (C=O) groups is 2. The molecule has 1 aliphatic carbocycles. The molecular weight excluding hydrogens is 534 g/mol. The smallest absolute Gasteiger partial charge is 0.264 e. The highest BCUT2D eigenvalue weighted by molar-refractivity contribution is 7.92. The van der Waals surface area contributed by atoms with Gasteiger partial charge in [-0.05, 0) is 55.7 Å². The zero-order chi connectivity index (χ0) is 27.8. The van der Waals surface area contributed by atoms with Gasteiger partial charge in [-0.25, -0.2) is 8.42 Å². The minimum Gasteiger partial charge on any atom is -0.352 e. The van der Waals surface area contributed by atoms with Crippen molar-refractivity contribution < 1.29 is 18.0 Å². The van der Waals surface area contributed by atoms with Gasteiger partial charge in [0.15, 0.2) is 0 Å². The molecule has 1 aliphatic rings. The molecule has 2 amide bonds. The number of carbonyl (C=O) groups excluding carboxylic acids is 2. The predicted molar refractivity (Wildman–Crippen MR) is 154 cm³/mol. The summed E-state index contributed by atoms with van der Waals surface area (Å²) < 4.78 is 28.6. The van der Waals surface area contributed by atoms with Crippen LogP contribution in [-0.4, -0.2) is 43.8 Å². The highest BCUT2D eigenvalue weighted by atomic mass is 35.5. The fourth-order valence-electron chi connectivity index (χ4n) is 4.81. The van der Waals surface area contributed by atoms with Crippen LogP contribution in [0.25, 0.3) is 0 Å². The monoisotopic (exact) mass is 567 g/mol. The average molecular weight is 568 g/mol. The molecule has 0 bridgehead atoms. The number of hydrogen-bond donors (Lipinski definition) is 1. The van der Waals surface area contributed by atoms with Crippen molar-refractivity contribution in [3.63, 3.8) is 0 Å².